The van der Waals surface area contributed by atoms with Crippen LogP contribution in [0.2, 0.25) is 0 Å². The quantitative estimate of drug-likeness (QED) is 0.539. The van der Waals surface area contributed by atoms with Crippen LogP contribution in [-0.2, 0) is 6.54 Å². The first-order chi connectivity index (χ1) is 5.86. The van der Waals surface area contributed by atoms with E-state index >= 15 is 0 Å². The first-order valence-corrected chi connectivity index (χ1v) is 4.41. The molecule has 12 heavy (non-hydrogen) atoms. The fourth-order valence-corrected chi connectivity index (χ4v) is 1.33. The molecule has 1 saturated carbocycles. The zero-order valence-electron chi connectivity index (χ0n) is 7.11. The van der Waals surface area contributed by atoms with Crippen LogP contribution in [0.15, 0.2) is 30.3 Å². The molecule has 0 aromatic heterocycles. The van der Waals surface area contributed by atoms with Gasteiger partial charge in [-0.2, -0.15) is 0 Å². The van der Waals surface area contributed by atoms with Crippen molar-refractivity contribution in [1.82, 2.24) is 5.01 Å². The molecule has 0 saturated heterocycles. The molecule has 2 heteroatoms. The maximum Gasteiger partial charge on any atom is 0.0382 e. The summed E-state index contributed by atoms with van der Waals surface area (Å²) in [7, 11) is 0. The third kappa shape index (κ3) is 1.84. The molecule has 2 nitrogen and oxygen atoms in total. The van der Waals surface area contributed by atoms with Gasteiger partial charge in [0, 0.05) is 12.6 Å². The minimum absolute atomic E-state index is 0.644. The van der Waals surface area contributed by atoms with Crippen molar-refractivity contribution in [2.24, 2.45) is 5.84 Å². The van der Waals surface area contributed by atoms with Crippen LogP contribution < -0.4 is 5.84 Å². The summed E-state index contributed by atoms with van der Waals surface area (Å²) in [5.74, 6) is 5.84. The van der Waals surface area contributed by atoms with E-state index in [1.165, 1.54) is 18.4 Å². The molecule has 1 aliphatic rings. The second-order valence-corrected chi connectivity index (χ2v) is 3.39. The predicted octanol–water partition coefficient (Wildman–Crippen LogP) is 1.52. The van der Waals surface area contributed by atoms with Crippen molar-refractivity contribution in [3.8, 4) is 0 Å². The van der Waals surface area contributed by atoms with Crippen LogP contribution in [0.5, 0.6) is 0 Å². The third-order valence-corrected chi connectivity index (χ3v) is 2.22. The highest BCUT2D eigenvalue weighted by atomic mass is 15.4. The van der Waals surface area contributed by atoms with E-state index in [9.17, 15) is 0 Å². The van der Waals surface area contributed by atoms with Crippen LogP contribution in [-0.4, -0.2) is 11.1 Å². The Labute approximate surface area is 73.0 Å². The average molecular weight is 162 g/mol. The second kappa shape index (κ2) is 3.25. The summed E-state index contributed by atoms with van der Waals surface area (Å²) in [4.78, 5) is 0. The van der Waals surface area contributed by atoms with Crippen LogP contribution in [0, 0.1) is 0 Å². The summed E-state index contributed by atoms with van der Waals surface area (Å²) < 4.78 is 0. The normalized spacial score (nSPS) is 16.8. The van der Waals surface area contributed by atoms with Crippen LogP contribution in [0.25, 0.3) is 0 Å². The number of benzene rings is 1. The number of nitrogens with zero attached hydrogens (tertiary/aromatic N) is 1. The van der Waals surface area contributed by atoms with Gasteiger partial charge in [-0.3, -0.25) is 5.84 Å². The topological polar surface area (TPSA) is 29.3 Å². The van der Waals surface area contributed by atoms with Gasteiger partial charge >= 0.3 is 0 Å². The predicted molar refractivity (Wildman–Crippen MR) is 49.2 cm³/mol. The molecule has 0 radical (unpaired) electrons. The largest absolute Gasteiger partial charge is 0.268 e. The maximum absolute atomic E-state index is 5.84. The van der Waals surface area contributed by atoms with Gasteiger partial charge in [-0.15, -0.1) is 0 Å². The molecular weight excluding hydrogens is 148 g/mol. The molecule has 1 aromatic carbocycles. The first kappa shape index (κ1) is 7.77. The molecule has 2 rings (SSSR count). The molecule has 1 aromatic rings. The summed E-state index contributed by atoms with van der Waals surface area (Å²) >= 11 is 0. The number of hydrazine groups is 1. The Hall–Kier alpha value is -0.860. The molecule has 0 bridgehead atoms. The van der Waals surface area contributed by atoms with Gasteiger partial charge in [0.05, 0.1) is 0 Å². The van der Waals surface area contributed by atoms with E-state index in [4.69, 9.17) is 5.84 Å². The molecule has 0 spiro atoms. The summed E-state index contributed by atoms with van der Waals surface area (Å²) in [5.41, 5.74) is 1.30. The highest BCUT2D eigenvalue weighted by molar-refractivity contribution is 5.14. The van der Waals surface area contributed by atoms with E-state index in [2.05, 4.69) is 24.3 Å². The number of rotatable bonds is 3. The molecule has 0 amide bonds. The standard InChI is InChI=1S/C10H14N2/c11-12(10-6-7-10)8-9-4-2-1-3-5-9/h1-5,10H,6-8,11H2. The molecular formula is C10H14N2. The lowest BCUT2D eigenvalue weighted by molar-refractivity contribution is 0.263. The Morgan fingerprint density at radius 1 is 1.25 bits per heavy atom. The lowest BCUT2D eigenvalue weighted by Crippen LogP contribution is -2.32. The Kier molecular flexibility index (Phi) is 2.11. The highest BCUT2D eigenvalue weighted by Gasteiger charge is 2.26. The zero-order chi connectivity index (χ0) is 8.39. The van der Waals surface area contributed by atoms with Crippen molar-refractivity contribution in [2.75, 3.05) is 0 Å². The highest BCUT2D eigenvalue weighted by Crippen LogP contribution is 2.25. The van der Waals surface area contributed by atoms with Crippen LogP contribution in [0.1, 0.15) is 18.4 Å². The summed E-state index contributed by atoms with van der Waals surface area (Å²) in [5, 5.41) is 1.94. The number of nitrogens with two attached hydrogens (primary N) is 1. The summed E-state index contributed by atoms with van der Waals surface area (Å²) in [6.07, 6.45) is 2.53. The van der Waals surface area contributed by atoms with Gasteiger partial charge in [-0.1, -0.05) is 30.3 Å². The van der Waals surface area contributed by atoms with Gasteiger partial charge in [0.1, 0.15) is 0 Å². The maximum atomic E-state index is 5.84. The van der Waals surface area contributed by atoms with Crippen molar-refractivity contribution < 1.29 is 0 Å². The van der Waals surface area contributed by atoms with Crippen molar-refractivity contribution in [2.45, 2.75) is 25.4 Å². The van der Waals surface area contributed by atoms with E-state index in [1.807, 2.05) is 11.1 Å². The lowest BCUT2D eigenvalue weighted by Gasteiger charge is -2.14. The average Bonchev–Trinajstić information content (AvgIpc) is 2.88. The van der Waals surface area contributed by atoms with Crippen molar-refractivity contribution in [3.63, 3.8) is 0 Å². The van der Waals surface area contributed by atoms with Gasteiger partial charge in [0.15, 0.2) is 0 Å². The molecule has 0 aliphatic heterocycles. The molecule has 0 atom stereocenters. The fraction of sp³-hybridized carbons (Fsp3) is 0.400. The number of hydrogen-bond donors (Lipinski definition) is 1. The summed E-state index contributed by atoms with van der Waals surface area (Å²) in [6.45, 7) is 0.880. The number of hydrogen-bond acceptors (Lipinski definition) is 2. The Morgan fingerprint density at radius 2 is 1.92 bits per heavy atom. The molecule has 2 N–H and O–H groups in total. The minimum Gasteiger partial charge on any atom is -0.268 e. The van der Waals surface area contributed by atoms with E-state index in [0.717, 1.165) is 6.54 Å². The molecule has 0 heterocycles. The third-order valence-electron chi connectivity index (χ3n) is 2.22. The van der Waals surface area contributed by atoms with Crippen LogP contribution in [0.4, 0.5) is 0 Å². The molecule has 1 aliphatic carbocycles. The van der Waals surface area contributed by atoms with Gasteiger partial charge in [0.2, 0.25) is 0 Å². The SMILES string of the molecule is NN(Cc1ccccc1)C1CC1. The van der Waals surface area contributed by atoms with Crippen LogP contribution in [0.3, 0.4) is 0 Å². The lowest BCUT2D eigenvalue weighted by atomic mass is 10.2. The minimum atomic E-state index is 0.644. The van der Waals surface area contributed by atoms with E-state index in [0.29, 0.717) is 6.04 Å². The van der Waals surface area contributed by atoms with Gasteiger partial charge in [0.25, 0.3) is 0 Å². The van der Waals surface area contributed by atoms with Gasteiger partial charge < -0.3 is 0 Å². The van der Waals surface area contributed by atoms with E-state index in [1.54, 1.807) is 0 Å². The zero-order valence-corrected chi connectivity index (χ0v) is 7.11. The Balaban J connectivity index is 1.94. The molecule has 64 valence electrons. The monoisotopic (exact) mass is 162 g/mol. The Morgan fingerprint density at radius 3 is 2.50 bits per heavy atom. The molecule has 1 fully saturated rings. The first-order valence-electron chi connectivity index (χ1n) is 4.41. The van der Waals surface area contributed by atoms with E-state index < -0.39 is 0 Å². The van der Waals surface area contributed by atoms with Crippen molar-refractivity contribution in [1.29, 1.82) is 0 Å². The van der Waals surface area contributed by atoms with E-state index in [-0.39, 0.29) is 0 Å². The van der Waals surface area contributed by atoms with Crippen molar-refractivity contribution in [3.05, 3.63) is 35.9 Å². The van der Waals surface area contributed by atoms with Crippen molar-refractivity contribution >= 4 is 0 Å². The second-order valence-electron chi connectivity index (χ2n) is 3.39. The van der Waals surface area contributed by atoms with Gasteiger partial charge in [-0.25, -0.2) is 5.01 Å². The smallest absolute Gasteiger partial charge is 0.0382 e. The molecule has 0 unspecified atom stereocenters. The summed E-state index contributed by atoms with van der Waals surface area (Å²) in [6, 6.07) is 11.0. The fourth-order valence-electron chi connectivity index (χ4n) is 1.33. The van der Waals surface area contributed by atoms with Gasteiger partial charge in [-0.05, 0) is 18.4 Å². The van der Waals surface area contributed by atoms with Crippen LogP contribution >= 0.6 is 0 Å². The Bertz CT molecular complexity index is 241.